The van der Waals surface area contributed by atoms with E-state index >= 15 is 0 Å². The van der Waals surface area contributed by atoms with Gasteiger partial charge in [-0.3, -0.25) is 0 Å². The molecule has 0 saturated heterocycles. The largest absolute Gasteiger partial charge is 0.490 e. The summed E-state index contributed by atoms with van der Waals surface area (Å²) < 4.78 is 5.76. The highest BCUT2D eigenvalue weighted by molar-refractivity contribution is 5.51. The Kier molecular flexibility index (Phi) is 2.78. The van der Waals surface area contributed by atoms with Crippen LogP contribution in [-0.4, -0.2) is 11.7 Å². The predicted octanol–water partition coefficient (Wildman–Crippen LogP) is 3.00. The van der Waals surface area contributed by atoms with Gasteiger partial charge in [0.1, 0.15) is 18.5 Å². The maximum absolute atomic E-state index is 10.2. The minimum atomic E-state index is -0.455. The maximum atomic E-state index is 10.2. The van der Waals surface area contributed by atoms with E-state index < -0.39 is 6.10 Å². The van der Waals surface area contributed by atoms with Crippen molar-refractivity contribution in [3.8, 4) is 5.75 Å². The summed E-state index contributed by atoms with van der Waals surface area (Å²) in [4.78, 5) is 0. The van der Waals surface area contributed by atoms with E-state index in [1.807, 2.05) is 0 Å². The quantitative estimate of drug-likeness (QED) is 0.794. The van der Waals surface area contributed by atoms with E-state index in [0.717, 1.165) is 37.0 Å². The van der Waals surface area contributed by atoms with Gasteiger partial charge >= 0.3 is 0 Å². The first kappa shape index (κ1) is 12.0. The Morgan fingerprint density at radius 3 is 2.10 bits per heavy atom. The molecule has 2 nitrogen and oxygen atoms in total. The van der Waals surface area contributed by atoms with Gasteiger partial charge in [-0.2, -0.15) is 0 Å². The van der Waals surface area contributed by atoms with Crippen molar-refractivity contribution in [3.63, 3.8) is 0 Å². The van der Waals surface area contributed by atoms with E-state index in [0.29, 0.717) is 6.61 Å². The van der Waals surface area contributed by atoms with Gasteiger partial charge in [0.05, 0.1) is 0 Å². The second-order valence-corrected chi connectivity index (χ2v) is 5.77. The van der Waals surface area contributed by atoms with Crippen LogP contribution in [0.15, 0.2) is 36.4 Å². The summed E-state index contributed by atoms with van der Waals surface area (Å²) in [6, 6.07) is 13.3. The lowest BCUT2D eigenvalue weighted by Gasteiger charge is -2.15. The highest BCUT2D eigenvalue weighted by Gasteiger charge is 2.27. The molecule has 4 bridgehead atoms. The molecular formula is C18H18O2. The molecule has 0 aromatic heterocycles. The molecule has 0 radical (unpaired) electrons. The summed E-state index contributed by atoms with van der Waals surface area (Å²) >= 11 is 0. The lowest BCUT2D eigenvalue weighted by Crippen LogP contribution is -2.03. The van der Waals surface area contributed by atoms with Crippen molar-refractivity contribution < 1.29 is 9.84 Å². The summed E-state index contributed by atoms with van der Waals surface area (Å²) in [6.07, 6.45) is 3.50. The second kappa shape index (κ2) is 4.64. The van der Waals surface area contributed by atoms with E-state index in [9.17, 15) is 5.11 Å². The van der Waals surface area contributed by atoms with Gasteiger partial charge in [-0.05, 0) is 47.9 Å². The van der Waals surface area contributed by atoms with Crippen LogP contribution < -0.4 is 4.74 Å². The second-order valence-electron chi connectivity index (χ2n) is 5.77. The molecule has 2 aromatic rings. The van der Waals surface area contributed by atoms with Gasteiger partial charge < -0.3 is 9.84 Å². The first-order valence-electron chi connectivity index (χ1n) is 7.34. The number of aliphatic hydroxyl groups is 1. The van der Waals surface area contributed by atoms with E-state index in [1.54, 1.807) is 0 Å². The molecular weight excluding hydrogens is 248 g/mol. The average molecular weight is 266 g/mol. The van der Waals surface area contributed by atoms with Crippen molar-refractivity contribution in [2.75, 3.05) is 6.61 Å². The molecule has 2 heteroatoms. The van der Waals surface area contributed by atoms with E-state index in [4.69, 9.17) is 4.74 Å². The first-order chi connectivity index (χ1) is 9.81. The number of hydrogen-bond donors (Lipinski definition) is 1. The number of benzene rings is 2. The Morgan fingerprint density at radius 2 is 1.40 bits per heavy atom. The van der Waals surface area contributed by atoms with Crippen molar-refractivity contribution in [3.05, 3.63) is 64.2 Å². The number of ether oxygens (including phenoxy) is 1. The van der Waals surface area contributed by atoms with Gasteiger partial charge in [-0.15, -0.1) is 0 Å². The number of hydrogen-bond acceptors (Lipinski definition) is 2. The molecule has 1 N–H and O–H groups in total. The summed E-state index contributed by atoms with van der Waals surface area (Å²) in [5.41, 5.74) is 6.23. The van der Waals surface area contributed by atoms with Crippen molar-refractivity contribution in [2.45, 2.75) is 31.8 Å². The van der Waals surface area contributed by atoms with Crippen molar-refractivity contribution >= 4 is 0 Å². The summed E-state index contributed by atoms with van der Waals surface area (Å²) in [6.45, 7) is 0.406. The minimum absolute atomic E-state index is 0.406. The topological polar surface area (TPSA) is 29.5 Å². The van der Waals surface area contributed by atoms with Crippen molar-refractivity contribution in [1.29, 1.82) is 0 Å². The van der Waals surface area contributed by atoms with Crippen LogP contribution in [0.2, 0.25) is 0 Å². The fraction of sp³-hybridized carbons (Fsp3) is 0.333. The summed E-state index contributed by atoms with van der Waals surface area (Å²) in [7, 11) is 0. The van der Waals surface area contributed by atoms with Gasteiger partial charge in [-0.1, -0.05) is 36.4 Å². The third-order valence-electron chi connectivity index (χ3n) is 4.48. The van der Waals surface area contributed by atoms with Crippen LogP contribution >= 0.6 is 0 Å². The normalized spacial score (nSPS) is 20.1. The summed E-state index contributed by atoms with van der Waals surface area (Å²) in [5, 5.41) is 10.2. The minimum Gasteiger partial charge on any atom is -0.490 e. The lowest BCUT2D eigenvalue weighted by atomic mass is 9.91. The third-order valence-corrected chi connectivity index (χ3v) is 4.48. The lowest BCUT2D eigenvalue weighted by molar-refractivity contribution is 0.140. The maximum Gasteiger partial charge on any atom is 0.128 e. The van der Waals surface area contributed by atoms with Crippen LogP contribution in [-0.2, 0) is 25.7 Å². The molecule has 0 amide bonds. The van der Waals surface area contributed by atoms with Gasteiger partial charge in [0.2, 0.25) is 0 Å². The molecule has 4 aliphatic carbocycles. The zero-order valence-corrected chi connectivity index (χ0v) is 11.4. The SMILES string of the molecule is OC1COc2c3ccc(c21)CCc1ccc(cc1)CC3. The van der Waals surface area contributed by atoms with Crippen molar-refractivity contribution in [1.82, 2.24) is 0 Å². The number of rotatable bonds is 0. The number of aliphatic hydroxyl groups excluding tert-OH is 1. The fourth-order valence-corrected chi connectivity index (χ4v) is 3.31. The Morgan fingerprint density at radius 1 is 0.800 bits per heavy atom. The van der Waals surface area contributed by atoms with Crippen molar-refractivity contribution in [2.24, 2.45) is 0 Å². The molecule has 1 unspecified atom stereocenters. The molecule has 0 spiro atoms. The molecule has 1 atom stereocenters. The fourth-order valence-electron chi connectivity index (χ4n) is 3.31. The van der Waals surface area contributed by atoms with Gasteiger partial charge in [0.25, 0.3) is 0 Å². The zero-order valence-electron chi connectivity index (χ0n) is 11.4. The average Bonchev–Trinajstić information content (AvgIpc) is 2.85. The monoisotopic (exact) mass is 266 g/mol. The van der Waals surface area contributed by atoms with Crippen LogP contribution in [0.4, 0.5) is 0 Å². The summed E-state index contributed by atoms with van der Waals surface area (Å²) in [5.74, 6) is 0.949. The van der Waals surface area contributed by atoms with Crippen LogP contribution in [0.5, 0.6) is 5.75 Å². The molecule has 20 heavy (non-hydrogen) atoms. The van der Waals surface area contributed by atoms with E-state index in [1.165, 1.54) is 22.3 Å². The molecule has 102 valence electrons. The smallest absolute Gasteiger partial charge is 0.128 e. The van der Waals surface area contributed by atoms with Gasteiger partial charge in [0.15, 0.2) is 0 Å². The first-order valence-corrected chi connectivity index (χ1v) is 7.34. The Labute approximate surface area is 119 Å². The molecule has 2 aromatic carbocycles. The number of aryl methyl sites for hydroxylation is 4. The van der Waals surface area contributed by atoms with Crippen LogP contribution in [0, 0.1) is 0 Å². The Balaban J connectivity index is 1.82. The highest BCUT2D eigenvalue weighted by atomic mass is 16.5. The van der Waals surface area contributed by atoms with E-state index in [2.05, 4.69) is 36.4 Å². The molecule has 1 heterocycles. The predicted molar refractivity (Wildman–Crippen MR) is 78.2 cm³/mol. The Hall–Kier alpha value is -1.80. The third kappa shape index (κ3) is 1.92. The zero-order chi connectivity index (χ0) is 13.5. The van der Waals surface area contributed by atoms with Crippen LogP contribution in [0.25, 0.3) is 0 Å². The molecule has 5 aliphatic rings. The van der Waals surface area contributed by atoms with Crippen LogP contribution in [0.1, 0.15) is 33.9 Å². The standard InChI is InChI=1S/C18H18O2/c19-16-11-20-18-15-8-6-13-3-1-12(2-4-13)5-7-14(9-10-15)17(16)18/h1-4,9-10,16,19H,5-8,11H2. The van der Waals surface area contributed by atoms with Crippen LogP contribution in [0.3, 0.4) is 0 Å². The molecule has 7 rings (SSSR count). The molecule has 1 aliphatic heterocycles. The molecule has 0 saturated carbocycles. The van der Waals surface area contributed by atoms with E-state index in [-0.39, 0.29) is 0 Å². The molecule has 0 fully saturated rings. The Bertz CT molecular complexity index is 643. The highest BCUT2D eigenvalue weighted by Crippen LogP contribution is 2.39. The van der Waals surface area contributed by atoms with Gasteiger partial charge in [-0.25, -0.2) is 0 Å². The van der Waals surface area contributed by atoms with Gasteiger partial charge in [0, 0.05) is 5.56 Å².